The minimum atomic E-state index is 0.258. The Morgan fingerprint density at radius 2 is 2.54 bits per heavy atom. The maximum absolute atomic E-state index is 11.6. The van der Waals surface area contributed by atoms with Crippen molar-refractivity contribution in [3.05, 3.63) is 12.7 Å². The second-order valence-corrected chi connectivity index (χ2v) is 3.47. The predicted molar refractivity (Wildman–Crippen MR) is 53.5 cm³/mol. The summed E-state index contributed by atoms with van der Waals surface area (Å²) < 4.78 is 0. The number of hydrogen-bond donors (Lipinski definition) is 1. The van der Waals surface area contributed by atoms with Crippen molar-refractivity contribution in [1.29, 1.82) is 0 Å². The second-order valence-electron chi connectivity index (χ2n) is 3.47. The molecule has 1 aliphatic rings. The molecule has 74 valence electrons. The number of hydrogen-bond acceptors (Lipinski definition) is 2. The molecule has 3 heteroatoms. The van der Waals surface area contributed by atoms with Crippen LogP contribution in [0.25, 0.3) is 0 Å². The third-order valence-corrected chi connectivity index (χ3v) is 2.38. The van der Waals surface area contributed by atoms with Crippen LogP contribution in [0.4, 0.5) is 0 Å². The van der Waals surface area contributed by atoms with Crippen LogP contribution in [0.3, 0.4) is 0 Å². The molecule has 0 aromatic heterocycles. The van der Waals surface area contributed by atoms with E-state index in [9.17, 15) is 4.79 Å². The second kappa shape index (κ2) is 5.02. The van der Waals surface area contributed by atoms with Gasteiger partial charge in [-0.3, -0.25) is 4.79 Å². The van der Waals surface area contributed by atoms with Crippen LogP contribution in [-0.4, -0.2) is 36.5 Å². The summed E-state index contributed by atoms with van der Waals surface area (Å²) in [6.07, 6.45) is 3.19. The lowest BCUT2D eigenvalue weighted by molar-refractivity contribution is -0.133. The van der Waals surface area contributed by atoms with E-state index in [1.54, 1.807) is 6.08 Å². The summed E-state index contributed by atoms with van der Waals surface area (Å²) >= 11 is 0. The topological polar surface area (TPSA) is 32.3 Å². The van der Waals surface area contributed by atoms with Gasteiger partial charge >= 0.3 is 0 Å². The van der Waals surface area contributed by atoms with Gasteiger partial charge in [0.05, 0.1) is 0 Å². The first-order chi connectivity index (χ1) is 6.25. The molecule has 1 rings (SSSR count). The number of carbonyl (C=O) groups is 1. The van der Waals surface area contributed by atoms with Crippen LogP contribution in [0.5, 0.6) is 0 Å². The molecule has 1 fully saturated rings. The first kappa shape index (κ1) is 10.3. The molecule has 3 nitrogen and oxygen atoms in total. The van der Waals surface area contributed by atoms with Crippen molar-refractivity contribution in [2.24, 2.45) is 0 Å². The number of nitrogens with one attached hydrogen (secondary N) is 1. The van der Waals surface area contributed by atoms with Crippen molar-refractivity contribution < 1.29 is 4.79 Å². The maximum Gasteiger partial charge on any atom is 0.223 e. The predicted octanol–water partition coefficient (Wildman–Crippen LogP) is 0.773. The van der Waals surface area contributed by atoms with Crippen molar-refractivity contribution in [3.8, 4) is 0 Å². The molecule has 0 aromatic carbocycles. The number of piperazine rings is 1. The summed E-state index contributed by atoms with van der Waals surface area (Å²) in [7, 11) is 0. The van der Waals surface area contributed by atoms with E-state index in [1.165, 1.54) is 0 Å². The monoisotopic (exact) mass is 182 g/mol. The number of nitrogens with zero attached hydrogens (tertiary/aromatic N) is 1. The first-order valence-corrected chi connectivity index (χ1v) is 4.86. The fourth-order valence-electron chi connectivity index (χ4n) is 1.58. The summed E-state index contributed by atoms with van der Waals surface area (Å²) in [5, 5.41) is 3.26. The van der Waals surface area contributed by atoms with Crippen molar-refractivity contribution in [3.63, 3.8) is 0 Å². The Kier molecular flexibility index (Phi) is 3.96. The van der Waals surface area contributed by atoms with Gasteiger partial charge in [0, 0.05) is 32.1 Å². The molecule has 13 heavy (non-hydrogen) atoms. The van der Waals surface area contributed by atoms with Crippen LogP contribution in [0.2, 0.25) is 0 Å². The van der Waals surface area contributed by atoms with Crippen LogP contribution >= 0.6 is 0 Å². The average molecular weight is 182 g/mol. The third-order valence-electron chi connectivity index (χ3n) is 2.38. The quantitative estimate of drug-likeness (QED) is 0.654. The van der Waals surface area contributed by atoms with Gasteiger partial charge in [0.25, 0.3) is 0 Å². The van der Waals surface area contributed by atoms with Gasteiger partial charge < -0.3 is 10.2 Å². The lowest BCUT2D eigenvalue weighted by atomic mass is 10.2. The van der Waals surface area contributed by atoms with Gasteiger partial charge in [0.1, 0.15) is 0 Å². The molecule has 0 bridgehead atoms. The Morgan fingerprint density at radius 1 is 1.77 bits per heavy atom. The maximum atomic E-state index is 11.6. The van der Waals surface area contributed by atoms with Gasteiger partial charge in [0.15, 0.2) is 0 Å². The minimum absolute atomic E-state index is 0.258. The Bertz CT molecular complexity index is 191. The molecule has 1 amide bonds. The summed E-state index contributed by atoms with van der Waals surface area (Å²) in [5.41, 5.74) is 0. The van der Waals surface area contributed by atoms with Gasteiger partial charge in [0.2, 0.25) is 5.91 Å². The molecule has 0 aliphatic carbocycles. The van der Waals surface area contributed by atoms with E-state index in [4.69, 9.17) is 0 Å². The van der Waals surface area contributed by atoms with Crippen LogP contribution in [-0.2, 0) is 4.79 Å². The molecule has 1 N–H and O–H groups in total. The lowest BCUT2D eigenvalue weighted by Crippen LogP contribution is -2.52. The van der Waals surface area contributed by atoms with Crippen molar-refractivity contribution >= 4 is 5.91 Å². The summed E-state index contributed by atoms with van der Waals surface area (Å²) in [6.45, 7) is 8.38. The normalized spacial score (nSPS) is 22.8. The highest BCUT2D eigenvalue weighted by Crippen LogP contribution is 2.06. The molecule has 0 radical (unpaired) electrons. The molecule has 0 unspecified atom stereocenters. The Hall–Kier alpha value is -0.830. The molecule has 0 saturated carbocycles. The number of carbonyl (C=O) groups excluding carboxylic acids is 1. The fraction of sp³-hybridized carbons (Fsp3) is 0.700. The third kappa shape index (κ3) is 2.84. The van der Waals surface area contributed by atoms with Crippen LogP contribution < -0.4 is 5.32 Å². The Balaban J connectivity index is 2.39. The van der Waals surface area contributed by atoms with Gasteiger partial charge in [-0.25, -0.2) is 0 Å². The molecule has 1 heterocycles. The first-order valence-electron chi connectivity index (χ1n) is 4.86. The zero-order valence-electron chi connectivity index (χ0n) is 8.25. The molecule has 1 aliphatic heterocycles. The molecule has 0 aromatic rings. The van der Waals surface area contributed by atoms with Crippen LogP contribution in [0, 0.1) is 0 Å². The zero-order valence-corrected chi connectivity index (χ0v) is 8.25. The van der Waals surface area contributed by atoms with E-state index in [0.717, 1.165) is 26.1 Å². The number of amides is 1. The van der Waals surface area contributed by atoms with E-state index >= 15 is 0 Å². The van der Waals surface area contributed by atoms with Crippen molar-refractivity contribution in [2.45, 2.75) is 25.8 Å². The lowest BCUT2D eigenvalue weighted by Gasteiger charge is -2.34. The highest BCUT2D eigenvalue weighted by atomic mass is 16.2. The van der Waals surface area contributed by atoms with E-state index in [2.05, 4.69) is 18.8 Å². The molecule has 1 atom stereocenters. The number of rotatable bonds is 3. The van der Waals surface area contributed by atoms with E-state index in [0.29, 0.717) is 12.5 Å². The van der Waals surface area contributed by atoms with Gasteiger partial charge in [-0.05, 0) is 13.3 Å². The molecule has 0 spiro atoms. The van der Waals surface area contributed by atoms with Crippen LogP contribution in [0.1, 0.15) is 19.8 Å². The van der Waals surface area contributed by atoms with Crippen molar-refractivity contribution in [2.75, 3.05) is 19.6 Å². The number of allylic oxidation sites excluding steroid dienone is 1. The standard InChI is InChI=1S/C10H18N2O/c1-3-4-5-10(13)12-7-6-11-8-9(12)2/h3,9,11H,1,4-8H2,2H3/t9-/m0/s1. The zero-order chi connectivity index (χ0) is 9.68. The van der Waals surface area contributed by atoms with E-state index < -0.39 is 0 Å². The molecule has 1 saturated heterocycles. The Morgan fingerprint density at radius 3 is 3.15 bits per heavy atom. The highest BCUT2D eigenvalue weighted by Gasteiger charge is 2.21. The van der Waals surface area contributed by atoms with Gasteiger partial charge in [-0.15, -0.1) is 6.58 Å². The highest BCUT2D eigenvalue weighted by molar-refractivity contribution is 5.76. The Labute approximate surface area is 79.8 Å². The largest absolute Gasteiger partial charge is 0.337 e. The summed E-state index contributed by atoms with van der Waals surface area (Å²) in [5.74, 6) is 0.258. The average Bonchev–Trinajstić information content (AvgIpc) is 2.15. The smallest absolute Gasteiger partial charge is 0.223 e. The van der Waals surface area contributed by atoms with Gasteiger partial charge in [-0.2, -0.15) is 0 Å². The van der Waals surface area contributed by atoms with Gasteiger partial charge in [-0.1, -0.05) is 6.08 Å². The van der Waals surface area contributed by atoms with E-state index in [1.807, 2.05) is 4.90 Å². The SMILES string of the molecule is C=CCCC(=O)N1CCNC[C@@H]1C. The fourth-order valence-corrected chi connectivity index (χ4v) is 1.58. The molecular weight excluding hydrogens is 164 g/mol. The van der Waals surface area contributed by atoms with Crippen molar-refractivity contribution in [1.82, 2.24) is 10.2 Å². The summed E-state index contributed by atoms with van der Waals surface area (Å²) in [4.78, 5) is 13.6. The van der Waals surface area contributed by atoms with Crippen LogP contribution in [0.15, 0.2) is 12.7 Å². The van der Waals surface area contributed by atoms with E-state index in [-0.39, 0.29) is 5.91 Å². The minimum Gasteiger partial charge on any atom is -0.337 e. The molecular formula is C10H18N2O. The summed E-state index contributed by atoms with van der Waals surface area (Å²) in [6, 6.07) is 0.339.